The van der Waals surface area contributed by atoms with Crippen molar-refractivity contribution >= 4 is 52.0 Å². The first-order valence-corrected chi connectivity index (χ1v) is 12.7. The first-order valence-electron chi connectivity index (χ1n) is 11.9. The number of hydrogen-bond acceptors (Lipinski definition) is 5. The molecule has 0 spiro atoms. The molecule has 0 aliphatic carbocycles. The molecule has 6 nitrogen and oxygen atoms in total. The number of aromatic nitrogens is 1. The number of halogens is 2. The second-order valence-electron chi connectivity index (χ2n) is 9.00. The van der Waals surface area contributed by atoms with Crippen LogP contribution in [0.15, 0.2) is 81.6 Å². The Morgan fingerprint density at radius 2 is 1.74 bits per heavy atom. The maximum absolute atomic E-state index is 12.7. The van der Waals surface area contributed by atoms with Crippen molar-refractivity contribution in [2.75, 3.05) is 12.4 Å². The van der Waals surface area contributed by atoms with Crippen molar-refractivity contribution < 1.29 is 18.4 Å². The van der Waals surface area contributed by atoms with Gasteiger partial charge in [-0.25, -0.2) is 4.98 Å². The van der Waals surface area contributed by atoms with E-state index in [4.69, 9.17) is 36.8 Å². The maximum Gasteiger partial charge on any atom is 0.248 e. The molecule has 0 aliphatic rings. The first kappa shape index (κ1) is 25.6. The van der Waals surface area contributed by atoms with Crippen LogP contribution >= 0.6 is 23.2 Å². The van der Waals surface area contributed by atoms with Crippen molar-refractivity contribution in [3.05, 3.63) is 94.2 Å². The van der Waals surface area contributed by atoms with Crippen molar-refractivity contribution in [3.8, 4) is 28.5 Å². The van der Waals surface area contributed by atoms with Gasteiger partial charge < -0.3 is 18.9 Å². The van der Waals surface area contributed by atoms with Crippen LogP contribution in [-0.4, -0.2) is 18.0 Å². The lowest BCUT2D eigenvalue weighted by molar-refractivity contribution is -0.111. The third kappa shape index (κ3) is 5.62. The van der Waals surface area contributed by atoms with Gasteiger partial charge >= 0.3 is 0 Å². The normalized spacial score (nSPS) is 11.5. The number of carbonyl (C=O) groups excluding carboxylic acids is 1. The molecule has 5 aromatic rings. The molecule has 2 heterocycles. The van der Waals surface area contributed by atoms with Gasteiger partial charge in [-0.3, -0.25) is 4.79 Å². The van der Waals surface area contributed by atoms with Crippen LogP contribution in [0.1, 0.15) is 31.1 Å². The Bertz CT molecular complexity index is 1650. The lowest BCUT2D eigenvalue weighted by Gasteiger charge is -2.10. The van der Waals surface area contributed by atoms with Gasteiger partial charge in [-0.1, -0.05) is 43.1 Å². The average molecular weight is 547 g/mol. The zero-order valence-electron chi connectivity index (χ0n) is 20.9. The molecule has 0 bridgehead atoms. The van der Waals surface area contributed by atoms with E-state index in [1.54, 1.807) is 55.7 Å². The molecular formula is C30H24Cl2N2O4. The molecule has 1 N–H and O–H groups in total. The predicted octanol–water partition coefficient (Wildman–Crippen LogP) is 8.85. The second kappa shape index (κ2) is 10.8. The van der Waals surface area contributed by atoms with E-state index in [1.807, 2.05) is 24.3 Å². The van der Waals surface area contributed by atoms with E-state index >= 15 is 0 Å². The number of anilines is 1. The highest BCUT2D eigenvalue weighted by Crippen LogP contribution is 2.33. The number of furan rings is 1. The van der Waals surface area contributed by atoms with Crippen LogP contribution < -0.4 is 10.1 Å². The molecule has 5 rings (SSSR count). The SMILES string of the molecule is COc1ccc(-c2nc3cc(C(C)C)ccc3o2)cc1NC(=O)/C=C/c1ccc(-c2cc(Cl)cc(Cl)c2)o1. The van der Waals surface area contributed by atoms with Crippen LogP contribution in [0.25, 0.3) is 40.0 Å². The maximum atomic E-state index is 12.7. The van der Waals surface area contributed by atoms with Crippen LogP contribution in [0.2, 0.25) is 10.0 Å². The molecule has 192 valence electrons. The number of methoxy groups -OCH3 is 1. The fourth-order valence-corrected chi connectivity index (χ4v) is 4.52. The van der Waals surface area contributed by atoms with E-state index in [2.05, 4.69) is 24.1 Å². The van der Waals surface area contributed by atoms with Crippen molar-refractivity contribution in [2.45, 2.75) is 19.8 Å². The fraction of sp³-hybridized carbons (Fsp3) is 0.133. The monoisotopic (exact) mass is 546 g/mol. The van der Waals surface area contributed by atoms with Crippen LogP contribution in [0, 0.1) is 0 Å². The van der Waals surface area contributed by atoms with Gasteiger partial charge in [0.25, 0.3) is 0 Å². The van der Waals surface area contributed by atoms with Crippen LogP contribution in [0.4, 0.5) is 5.69 Å². The quantitative estimate of drug-likeness (QED) is 0.206. The highest BCUT2D eigenvalue weighted by atomic mass is 35.5. The topological polar surface area (TPSA) is 77.5 Å². The molecule has 0 saturated heterocycles. The summed E-state index contributed by atoms with van der Waals surface area (Å²) in [6, 6.07) is 20.1. The Labute approximate surface area is 229 Å². The third-order valence-electron chi connectivity index (χ3n) is 5.96. The number of nitrogens with zero attached hydrogens (tertiary/aromatic N) is 1. The van der Waals surface area contributed by atoms with Gasteiger partial charge in [0.1, 0.15) is 22.8 Å². The molecule has 0 fully saturated rings. The van der Waals surface area contributed by atoms with E-state index in [0.717, 1.165) is 11.1 Å². The van der Waals surface area contributed by atoms with E-state index in [0.29, 0.717) is 56.0 Å². The smallest absolute Gasteiger partial charge is 0.248 e. The highest BCUT2D eigenvalue weighted by Gasteiger charge is 2.14. The average Bonchev–Trinajstić information content (AvgIpc) is 3.54. The number of oxazole rings is 1. The van der Waals surface area contributed by atoms with Crippen molar-refractivity contribution in [1.82, 2.24) is 4.98 Å². The van der Waals surface area contributed by atoms with E-state index < -0.39 is 0 Å². The Morgan fingerprint density at radius 1 is 0.947 bits per heavy atom. The summed E-state index contributed by atoms with van der Waals surface area (Å²) in [6.07, 6.45) is 2.96. The molecule has 38 heavy (non-hydrogen) atoms. The largest absolute Gasteiger partial charge is 0.495 e. The van der Waals surface area contributed by atoms with Gasteiger partial charge in [0.05, 0.1) is 12.8 Å². The highest BCUT2D eigenvalue weighted by molar-refractivity contribution is 6.35. The number of amides is 1. The van der Waals surface area contributed by atoms with Crippen molar-refractivity contribution in [3.63, 3.8) is 0 Å². The molecule has 0 radical (unpaired) electrons. The minimum Gasteiger partial charge on any atom is -0.495 e. The van der Waals surface area contributed by atoms with Crippen molar-refractivity contribution in [1.29, 1.82) is 0 Å². The molecule has 1 amide bonds. The summed E-state index contributed by atoms with van der Waals surface area (Å²) < 4.78 is 17.2. The minimum absolute atomic E-state index is 0.358. The summed E-state index contributed by atoms with van der Waals surface area (Å²) in [5.41, 5.74) is 4.61. The van der Waals surface area contributed by atoms with Crippen LogP contribution in [0.3, 0.4) is 0 Å². The summed E-state index contributed by atoms with van der Waals surface area (Å²) in [4.78, 5) is 17.4. The minimum atomic E-state index is -0.358. The van der Waals surface area contributed by atoms with E-state index in [-0.39, 0.29) is 5.91 Å². The Kier molecular flexibility index (Phi) is 7.27. The zero-order chi connectivity index (χ0) is 26.8. The number of nitrogens with one attached hydrogen (secondary N) is 1. The van der Waals surface area contributed by atoms with Gasteiger partial charge in [-0.05, 0) is 78.2 Å². The fourth-order valence-electron chi connectivity index (χ4n) is 3.99. The summed E-state index contributed by atoms with van der Waals surface area (Å²) in [5.74, 6) is 2.08. The zero-order valence-corrected chi connectivity index (χ0v) is 22.4. The van der Waals surface area contributed by atoms with E-state index in [1.165, 1.54) is 11.6 Å². The molecule has 0 aliphatic heterocycles. The summed E-state index contributed by atoms with van der Waals surface area (Å²) in [5, 5.41) is 3.87. The van der Waals surface area contributed by atoms with Crippen LogP contribution in [0.5, 0.6) is 5.75 Å². The van der Waals surface area contributed by atoms with Crippen LogP contribution in [-0.2, 0) is 4.79 Å². The predicted molar refractivity (Wildman–Crippen MR) is 152 cm³/mol. The van der Waals surface area contributed by atoms with Gasteiger partial charge in [0.15, 0.2) is 5.58 Å². The molecule has 8 heteroatoms. The third-order valence-corrected chi connectivity index (χ3v) is 6.39. The molecular weight excluding hydrogens is 523 g/mol. The summed E-state index contributed by atoms with van der Waals surface area (Å²) in [6.45, 7) is 4.27. The summed E-state index contributed by atoms with van der Waals surface area (Å²) in [7, 11) is 1.54. The number of benzene rings is 3. The second-order valence-corrected chi connectivity index (χ2v) is 9.87. The van der Waals surface area contributed by atoms with Gasteiger partial charge in [-0.15, -0.1) is 0 Å². The Balaban J connectivity index is 1.34. The Hall–Kier alpha value is -4.00. The van der Waals surface area contributed by atoms with Gasteiger partial charge in [-0.2, -0.15) is 0 Å². The molecule has 2 aromatic heterocycles. The molecule has 0 saturated carbocycles. The van der Waals surface area contributed by atoms with E-state index in [9.17, 15) is 4.79 Å². The number of ether oxygens (including phenoxy) is 1. The van der Waals surface area contributed by atoms with Gasteiger partial charge in [0, 0.05) is 27.2 Å². The lowest BCUT2D eigenvalue weighted by Crippen LogP contribution is -2.09. The van der Waals surface area contributed by atoms with Gasteiger partial charge in [0.2, 0.25) is 11.8 Å². The number of rotatable bonds is 7. The number of fused-ring (bicyclic) bond motifs is 1. The number of carbonyl (C=O) groups is 1. The molecule has 0 atom stereocenters. The summed E-state index contributed by atoms with van der Waals surface area (Å²) >= 11 is 12.2. The molecule has 3 aromatic carbocycles. The molecule has 0 unspecified atom stereocenters. The Morgan fingerprint density at radius 3 is 2.47 bits per heavy atom. The first-order chi connectivity index (χ1) is 18.3. The van der Waals surface area contributed by atoms with Crippen molar-refractivity contribution in [2.24, 2.45) is 0 Å². The number of hydrogen-bond donors (Lipinski definition) is 1. The standard InChI is InChI=1S/C30H24Cl2N2O4/c1-17(2)18-4-9-28-25(14-18)34-30(38-28)19-5-8-27(36-3)24(15-19)33-29(35)11-7-23-6-10-26(37-23)20-12-21(31)16-22(32)13-20/h4-17H,1-3H3,(H,33,35)/b11-7+. The lowest BCUT2D eigenvalue weighted by atomic mass is 10.0.